The molecule has 0 radical (unpaired) electrons. The van der Waals surface area contributed by atoms with E-state index in [4.69, 9.17) is 4.99 Å². The number of hydrogen-bond acceptors (Lipinski definition) is 2. The van der Waals surface area contributed by atoms with E-state index in [0.29, 0.717) is 0 Å². The minimum atomic E-state index is 0.771. The first kappa shape index (κ1) is 16.7. The minimum absolute atomic E-state index is 0.771. The molecule has 4 heteroatoms. The summed E-state index contributed by atoms with van der Waals surface area (Å²) >= 11 is 1.99. The van der Waals surface area contributed by atoms with Gasteiger partial charge in [0.2, 0.25) is 0 Å². The van der Waals surface area contributed by atoms with Gasteiger partial charge in [0.15, 0.2) is 5.96 Å². The molecule has 3 nitrogen and oxygen atoms in total. The zero-order valence-electron chi connectivity index (χ0n) is 14.2. The average Bonchev–Trinajstić information content (AvgIpc) is 3.29. The molecule has 2 aliphatic rings. The monoisotopic (exact) mass is 331 g/mol. The van der Waals surface area contributed by atoms with Crippen LogP contribution in [0.25, 0.3) is 0 Å². The van der Waals surface area contributed by atoms with Gasteiger partial charge in [-0.3, -0.25) is 4.99 Å². The summed E-state index contributed by atoms with van der Waals surface area (Å²) in [5, 5.41) is 3.48. The molecule has 1 saturated carbocycles. The van der Waals surface area contributed by atoms with Crippen molar-refractivity contribution in [3.63, 3.8) is 0 Å². The van der Waals surface area contributed by atoms with E-state index in [1.165, 1.54) is 36.3 Å². The van der Waals surface area contributed by atoms with Gasteiger partial charge in [0.25, 0.3) is 0 Å². The third kappa shape index (κ3) is 5.45. The molecule has 0 aromatic heterocycles. The predicted molar refractivity (Wildman–Crippen MR) is 100 cm³/mol. The first-order valence-electron chi connectivity index (χ1n) is 9.06. The van der Waals surface area contributed by atoms with Gasteiger partial charge in [0.1, 0.15) is 0 Å². The molecule has 3 rings (SSSR count). The Morgan fingerprint density at radius 1 is 1.22 bits per heavy atom. The van der Waals surface area contributed by atoms with E-state index < -0.39 is 0 Å². The number of guanidine groups is 1. The van der Waals surface area contributed by atoms with Gasteiger partial charge < -0.3 is 10.2 Å². The van der Waals surface area contributed by atoms with E-state index in [9.17, 15) is 0 Å². The molecule has 1 aromatic rings. The molecule has 0 bridgehead atoms. The molecular formula is C19H29N3S. The van der Waals surface area contributed by atoms with Crippen LogP contribution in [-0.4, -0.2) is 42.8 Å². The van der Waals surface area contributed by atoms with Crippen LogP contribution in [0.15, 0.2) is 40.2 Å². The van der Waals surface area contributed by atoms with Crippen molar-refractivity contribution in [1.82, 2.24) is 10.2 Å². The molecule has 0 amide bonds. The van der Waals surface area contributed by atoms with Crippen molar-refractivity contribution in [2.24, 2.45) is 16.8 Å². The highest BCUT2D eigenvalue weighted by Gasteiger charge is 2.25. The van der Waals surface area contributed by atoms with E-state index in [0.717, 1.165) is 44.0 Å². The fourth-order valence-electron chi connectivity index (χ4n) is 3.08. The number of nitrogens with zero attached hydrogens (tertiary/aromatic N) is 2. The molecule has 23 heavy (non-hydrogen) atoms. The molecule has 1 atom stereocenters. The number of benzene rings is 1. The predicted octanol–water partition coefficient (Wildman–Crippen LogP) is 3.87. The van der Waals surface area contributed by atoms with Gasteiger partial charge in [-0.05, 0) is 43.7 Å². The number of hydrogen-bond donors (Lipinski definition) is 1. The van der Waals surface area contributed by atoms with Gasteiger partial charge in [-0.15, -0.1) is 11.8 Å². The topological polar surface area (TPSA) is 27.6 Å². The lowest BCUT2D eigenvalue weighted by molar-refractivity contribution is 0.473. The van der Waals surface area contributed by atoms with Gasteiger partial charge in [0.05, 0.1) is 0 Å². The molecule has 1 heterocycles. The number of thioether (sulfide) groups is 1. The quantitative estimate of drug-likeness (QED) is 0.467. The lowest BCUT2D eigenvalue weighted by atomic mass is 10.2. The number of nitrogens with one attached hydrogen (secondary N) is 1. The molecule has 1 aliphatic heterocycles. The lowest BCUT2D eigenvalue weighted by Crippen LogP contribution is -2.40. The first-order chi connectivity index (χ1) is 11.3. The standard InChI is InChI=1S/C19H29N3S/c1-2-20-19(21-12-10-16-8-9-16)22-13-11-17(14-22)15-23-18-6-4-3-5-7-18/h3-7,16-17H,2,8-15H2,1H3,(H,20,21). The number of rotatable bonds is 7. The average molecular weight is 332 g/mol. The zero-order valence-corrected chi connectivity index (χ0v) is 15.0. The largest absolute Gasteiger partial charge is 0.357 e. The van der Waals surface area contributed by atoms with E-state index in [1.54, 1.807) is 0 Å². The zero-order chi connectivity index (χ0) is 15.9. The highest BCUT2D eigenvalue weighted by Crippen LogP contribution is 2.32. The lowest BCUT2D eigenvalue weighted by Gasteiger charge is -2.21. The Morgan fingerprint density at radius 2 is 2.04 bits per heavy atom. The van der Waals surface area contributed by atoms with E-state index in [1.807, 2.05) is 11.8 Å². The summed E-state index contributed by atoms with van der Waals surface area (Å²) in [6.45, 7) is 6.41. The smallest absolute Gasteiger partial charge is 0.193 e. The van der Waals surface area contributed by atoms with Crippen LogP contribution < -0.4 is 5.32 Å². The van der Waals surface area contributed by atoms with E-state index >= 15 is 0 Å². The van der Waals surface area contributed by atoms with Crippen LogP contribution in [0.4, 0.5) is 0 Å². The SMILES string of the molecule is CCNC(=NCCC1CC1)N1CCC(CSc2ccccc2)C1. The maximum atomic E-state index is 4.85. The summed E-state index contributed by atoms with van der Waals surface area (Å²) in [4.78, 5) is 8.70. The van der Waals surface area contributed by atoms with Crippen LogP contribution in [-0.2, 0) is 0 Å². The molecule has 1 saturated heterocycles. The summed E-state index contributed by atoms with van der Waals surface area (Å²) in [6, 6.07) is 10.8. The van der Waals surface area contributed by atoms with Gasteiger partial charge in [0, 0.05) is 36.8 Å². The van der Waals surface area contributed by atoms with E-state index in [2.05, 4.69) is 47.5 Å². The van der Waals surface area contributed by atoms with Crippen LogP contribution in [0, 0.1) is 11.8 Å². The molecule has 1 unspecified atom stereocenters. The van der Waals surface area contributed by atoms with Crippen LogP contribution >= 0.6 is 11.8 Å². The first-order valence-corrected chi connectivity index (χ1v) is 10.0. The summed E-state index contributed by atoms with van der Waals surface area (Å²) in [7, 11) is 0. The van der Waals surface area contributed by atoms with Crippen molar-refractivity contribution in [1.29, 1.82) is 0 Å². The third-order valence-electron chi connectivity index (χ3n) is 4.65. The molecule has 126 valence electrons. The van der Waals surface area contributed by atoms with Gasteiger partial charge >= 0.3 is 0 Å². The Balaban J connectivity index is 1.45. The van der Waals surface area contributed by atoms with Crippen molar-refractivity contribution >= 4 is 17.7 Å². The fraction of sp³-hybridized carbons (Fsp3) is 0.632. The Labute approximate surface area is 144 Å². The molecule has 1 N–H and O–H groups in total. The summed E-state index contributed by atoms with van der Waals surface area (Å²) in [6.07, 6.45) is 5.41. The van der Waals surface area contributed by atoms with E-state index in [-0.39, 0.29) is 0 Å². The Bertz CT molecular complexity index is 499. The van der Waals surface area contributed by atoms with Crippen LogP contribution in [0.3, 0.4) is 0 Å². The van der Waals surface area contributed by atoms with Crippen molar-refractivity contribution in [2.75, 3.05) is 31.9 Å². The third-order valence-corrected chi connectivity index (χ3v) is 5.89. The number of likely N-dealkylation sites (tertiary alicyclic amines) is 1. The second kappa shape index (κ2) is 8.62. The molecule has 0 spiro atoms. The molecule has 2 fully saturated rings. The highest BCUT2D eigenvalue weighted by atomic mass is 32.2. The normalized spacial score (nSPS) is 21.7. The minimum Gasteiger partial charge on any atom is -0.357 e. The fourth-order valence-corrected chi connectivity index (χ4v) is 4.13. The Hall–Kier alpha value is -1.16. The molecule has 1 aliphatic carbocycles. The van der Waals surface area contributed by atoms with Gasteiger partial charge in [-0.2, -0.15) is 0 Å². The maximum Gasteiger partial charge on any atom is 0.193 e. The molecule has 1 aromatic carbocycles. The highest BCUT2D eigenvalue weighted by molar-refractivity contribution is 7.99. The van der Waals surface area contributed by atoms with Crippen molar-refractivity contribution < 1.29 is 0 Å². The van der Waals surface area contributed by atoms with Crippen LogP contribution in [0.5, 0.6) is 0 Å². The summed E-state index contributed by atoms with van der Waals surface area (Å²) in [5.74, 6) is 4.09. The second-order valence-corrected chi connectivity index (χ2v) is 7.79. The van der Waals surface area contributed by atoms with Crippen molar-refractivity contribution in [3.8, 4) is 0 Å². The Kier molecular flexibility index (Phi) is 6.26. The van der Waals surface area contributed by atoms with Crippen LogP contribution in [0.1, 0.15) is 32.6 Å². The van der Waals surface area contributed by atoms with Crippen molar-refractivity contribution in [2.45, 2.75) is 37.5 Å². The maximum absolute atomic E-state index is 4.85. The van der Waals surface area contributed by atoms with Crippen LogP contribution in [0.2, 0.25) is 0 Å². The number of aliphatic imine (C=N–C) groups is 1. The van der Waals surface area contributed by atoms with Gasteiger partial charge in [-0.25, -0.2) is 0 Å². The van der Waals surface area contributed by atoms with Gasteiger partial charge in [-0.1, -0.05) is 31.0 Å². The summed E-state index contributed by atoms with van der Waals surface area (Å²) < 4.78 is 0. The summed E-state index contributed by atoms with van der Waals surface area (Å²) in [5.41, 5.74) is 0. The Morgan fingerprint density at radius 3 is 2.78 bits per heavy atom. The van der Waals surface area contributed by atoms with Crippen molar-refractivity contribution in [3.05, 3.63) is 30.3 Å². The second-order valence-electron chi connectivity index (χ2n) is 6.69. The molecular weight excluding hydrogens is 302 g/mol.